The minimum Gasteiger partial charge on any atom is -0.478 e. The molecule has 0 radical (unpaired) electrons. The average molecular weight is 831 g/mol. The van der Waals surface area contributed by atoms with Gasteiger partial charge in [0.15, 0.2) is 0 Å². The standard InChI is InChI=1S/C14H18O6S.C7H6O5S.C7H4O4S.C7H14O2/c1-19-11-7-3-4-8-12(11)20-14(15)10-6-2-5-9-13(10)21(16,17)18;8-7(9)5-3-1-2-4-6(5)13(10,11)12;8-7-5-3-1-2-4-6(5)12(9,10)11-7;1-9-7-5-3-2-4-6(7)8/h2,5-6,9,11-12H,3-4,7-8H2,1H3,(H,16,17,18);1-4H,(H,8,9)(H,10,11,12);1-4H;6-8H,2-5H2,1H3. The largest absolute Gasteiger partial charge is 0.478 e. The number of ether oxygens (including phenoxy) is 3. The molecule has 55 heavy (non-hydrogen) atoms. The van der Waals surface area contributed by atoms with Crippen LogP contribution in [0.4, 0.5) is 0 Å². The van der Waals surface area contributed by atoms with Crippen molar-refractivity contribution in [1.82, 2.24) is 0 Å². The molecule has 6 rings (SSSR count). The topological polar surface area (TPSA) is 271 Å². The highest BCUT2D eigenvalue weighted by atomic mass is 32.2. The molecule has 4 unspecified atom stereocenters. The molecule has 2 aliphatic carbocycles. The summed E-state index contributed by atoms with van der Waals surface area (Å²) in [7, 11) is -9.51. The van der Waals surface area contributed by atoms with Gasteiger partial charge >= 0.3 is 28.0 Å². The number of rotatable bonds is 7. The molecule has 3 aliphatic rings. The van der Waals surface area contributed by atoms with E-state index in [1.807, 2.05) is 0 Å². The summed E-state index contributed by atoms with van der Waals surface area (Å²) in [5.74, 6) is -2.96. The Balaban J connectivity index is 0.000000207. The lowest BCUT2D eigenvalue weighted by molar-refractivity contribution is -0.0541. The van der Waals surface area contributed by atoms with E-state index < -0.39 is 69.7 Å². The van der Waals surface area contributed by atoms with Gasteiger partial charge in [-0.2, -0.15) is 25.3 Å². The molecule has 0 spiro atoms. The Morgan fingerprint density at radius 2 is 1.15 bits per heavy atom. The molecule has 0 saturated heterocycles. The van der Waals surface area contributed by atoms with Crippen molar-refractivity contribution < 1.29 is 77.3 Å². The number of hydrogen-bond acceptors (Lipinski definition) is 14. The van der Waals surface area contributed by atoms with E-state index in [1.54, 1.807) is 26.4 Å². The van der Waals surface area contributed by atoms with Crippen molar-refractivity contribution in [2.45, 2.75) is 90.5 Å². The summed E-state index contributed by atoms with van der Waals surface area (Å²) < 4.78 is 104. The Morgan fingerprint density at radius 3 is 1.62 bits per heavy atom. The number of esters is 1. The van der Waals surface area contributed by atoms with Gasteiger partial charge in [-0.3, -0.25) is 9.11 Å². The van der Waals surface area contributed by atoms with Gasteiger partial charge in [-0.1, -0.05) is 55.7 Å². The minimum absolute atomic E-state index is 0.0463. The maximum atomic E-state index is 12.2. The van der Waals surface area contributed by atoms with Gasteiger partial charge in [0.05, 0.1) is 35.0 Å². The van der Waals surface area contributed by atoms with Gasteiger partial charge < -0.3 is 28.6 Å². The molecule has 4 atom stereocenters. The Bertz CT molecular complexity index is 2130. The molecular formula is C35H42O17S3. The van der Waals surface area contributed by atoms with Gasteiger partial charge in [0.25, 0.3) is 20.2 Å². The van der Waals surface area contributed by atoms with Crippen LogP contribution in [0.1, 0.15) is 82.4 Å². The third kappa shape index (κ3) is 12.9. The summed E-state index contributed by atoms with van der Waals surface area (Å²) in [5, 5.41) is 17.8. The lowest BCUT2D eigenvalue weighted by Gasteiger charge is -2.30. The highest BCUT2D eigenvalue weighted by Crippen LogP contribution is 2.27. The highest BCUT2D eigenvalue weighted by molar-refractivity contribution is 7.87. The summed E-state index contributed by atoms with van der Waals surface area (Å²) in [4.78, 5) is 32.5. The summed E-state index contributed by atoms with van der Waals surface area (Å²) >= 11 is 0. The molecule has 2 saturated carbocycles. The predicted molar refractivity (Wildman–Crippen MR) is 192 cm³/mol. The van der Waals surface area contributed by atoms with Crippen molar-refractivity contribution in [3.63, 3.8) is 0 Å². The molecule has 20 heteroatoms. The van der Waals surface area contributed by atoms with E-state index in [-0.39, 0.29) is 34.3 Å². The van der Waals surface area contributed by atoms with Crippen LogP contribution in [0.15, 0.2) is 87.5 Å². The number of methoxy groups -OCH3 is 2. The number of carbonyl (C=O) groups is 3. The van der Waals surface area contributed by atoms with Crippen molar-refractivity contribution in [3.05, 3.63) is 89.5 Å². The van der Waals surface area contributed by atoms with Crippen molar-refractivity contribution in [2.24, 2.45) is 0 Å². The molecule has 0 amide bonds. The van der Waals surface area contributed by atoms with Crippen LogP contribution >= 0.6 is 0 Å². The zero-order valence-corrected chi connectivity index (χ0v) is 32.2. The molecular weight excluding hydrogens is 789 g/mol. The summed E-state index contributed by atoms with van der Waals surface area (Å²) in [6, 6.07) is 16.1. The third-order valence-electron chi connectivity index (χ3n) is 8.52. The Labute approximate surface area is 318 Å². The first kappa shape index (κ1) is 45.1. The van der Waals surface area contributed by atoms with E-state index in [4.69, 9.17) is 28.4 Å². The van der Waals surface area contributed by atoms with Crippen LogP contribution in [0.5, 0.6) is 0 Å². The molecule has 3 aromatic carbocycles. The first-order valence-electron chi connectivity index (χ1n) is 16.7. The van der Waals surface area contributed by atoms with Crippen LogP contribution in [0.25, 0.3) is 0 Å². The van der Waals surface area contributed by atoms with Gasteiger partial charge in [-0.25, -0.2) is 14.4 Å². The van der Waals surface area contributed by atoms with Crippen LogP contribution in [-0.4, -0.2) is 101 Å². The van der Waals surface area contributed by atoms with E-state index >= 15 is 0 Å². The minimum atomic E-state index is -4.47. The van der Waals surface area contributed by atoms with Crippen molar-refractivity contribution in [3.8, 4) is 0 Å². The molecule has 0 bridgehead atoms. The second-order valence-electron chi connectivity index (χ2n) is 12.2. The Kier molecular flexibility index (Phi) is 16.4. The van der Waals surface area contributed by atoms with Gasteiger partial charge in [0.2, 0.25) is 0 Å². The lowest BCUT2D eigenvalue weighted by atomic mass is 9.94. The molecule has 0 aromatic heterocycles. The quantitative estimate of drug-likeness (QED) is 0.148. The fourth-order valence-electron chi connectivity index (χ4n) is 5.79. The number of aliphatic hydroxyl groups excluding tert-OH is 1. The van der Waals surface area contributed by atoms with Crippen LogP contribution in [-0.2, 0) is 48.7 Å². The number of hydrogen-bond donors (Lipinski definition) is 4. The first-order chi connectivity index (χ1) is 25.8. The molecule has 4 N–H and O–H groups in total. The van der Waals surface area contributed by atoms with Gasteiger partial charge in [0, 0.05) is 14.2 Å². The number of carboxylic acid groups (broad SMARTS) is 1. The smallest absolute Gasteiger partial charge is 0.355 e. The molecule has 1 heterocycles. The van der Waals surface area contributed by atoms with Crippen molar-refractivity contribution in [1.29, 1.82) is 0 Å². The monoisotopic (exact) mass is 830 g/mol. The molecule has 1 aliphatic heterocycles. The maximum Gasteiger partial charge on any atom is 0.355 e. The highest BCUT2D eigenvalue weighted by Gasteiger charge is 2.34. The SMILES string of the molecule is COC1CCCCC1O.COC1CCCCC1OC(=O)c1ccccc1S(=O)(=O)O.O=C(O)c1ccccc1S(=O)(=O)O.O=C1OS(=O)(=O)c2ccccc21. The van der Waals surface area contributed by atoms with E-state index in [0.29, 0.717) is 6.42 Å². The predicted octanol–water partition coefficient (Wildman–Crippen LogP) is 4.16. The van der Waals surface area contributed by atoms with Gasteiger partial charge in [0.1, 0.15) is 20.8 Å². The normalized spacial score (nSPS) is 21.4. The molecule has 2 fully saturated rings. The number of carbonyl (C=O) groups excluding carboxylic acids is 2. The summed E-state index contributed by atoms with van der Waals surface area (Å²) in [5.41, 5.74) is -0.497. The fraction of sp³-hybridized carbons (Fsp3) is 0.400. The van der Waals surface area contributed by atoms with Crippen LogP contribution < -0.4 is 0 Å². The van der Waals surface area contributed by atoms with E-state index in [2.05, 4.69) is 4.18 Å². The zero-order chi connectivity index (χ0) is 41.0. The second kappa shape index (κ2) is 20.1. The van der Waals surface area contributed by atoms with Crippen molar-refractivity contribution in [2.75, 3.05) is 14.2 Å². The summed E-state index contributed by atoms with van der Waals surface area (Å²) in [6.45, 7) is 0. The maximum absolute atomic E-state index is 12.2. The Hall–Kier alpha value is -4.28. The number of fused-ring (bicyclic) bond motifs is 1. The van der Waals surface area contributed by atoms with Crippen LogP contribution in [0.3, 0.4) is 0 Å². The molecule has 3 aromatic rings. The number of carboxylic acids is 1. The number of aromatic carboxylic acids is 1. The van der Waals surface area contributed by atoms with E-state index in [9.17, 15) is 44.7 Å². The first-order valence-corrected chi connectivity index (χ1v) is 21.0. The van der Waals surface area contributed by atoms with Crippen LogP contribution in [0.2, 0.25) is 0 Å². The second-order valence-corrected chi connectivity index (χ2v) is 16.5. The number of benzene rings is 3. The summed E-state index contributed by atoms with van der Waals surface area (Å²) in [6.07, 6.45) is 7.04. The van der Waals surface area contributed by atoms with E-state index in [1.165, 1.54) is 55.0 Å². The Morgan fingerprint density at radius 1 is 0.691 bits per heavy atom. The van der Waals surface area contributed by atoms with E-state index in [0.717, 1.165) is 50.7 Å². The van der Waals surface area contributed by atoms with Crippen LogP contribution in [0, 0.1) is 0 Å². The molecule has 17 nitrogen and oxygen atoms in total. The third-order valence-corrected chi connectivity index (χ3v) is 11.6. The fourth-order valence-corrected chi connectivity index (χ4v) is 8.20. The van der Waals surface area contributed by atoms with Gasteiger partial charge in [-0.15, -0.1) is 0 Å². The lowest BCUT2D eigenvalue weighted by Crippen LogP contribution is -2.35. The average Bonchev–Trinajstić information content (AvgIpc) is 3.39. The van der Waals surface area contributed by atoms with Gasteiger partial charge in [-0.05, 0) is 68.5 Å². The van der Waals surface area contributed by atoms with Crippen molar-refractivity contribution >= 4 is 48.3 Å². The molecule has 302 valence electrons. The zero-order valence-electron chi connectivity index (χ0n) is 29.7. The number of aliphatic hydroxyl groups is 1.